The van der Waals surface area contributed by atoms with Crippen LogP contribution in [0.3, 0.4) is 0 Å². The third-order valence-corrected chi connectivity index (χ3v) is 2.48. The molecule has 1 aromatic heterocycles. The number of phosphoric acid groups is 1. The van der Waals surface area contributed by atoms with Gasteiger partial charge in [-0.1, -0.05) is 0 Å². The lowest BCUT2D eigenvalue weighted by molar-refractivity contribution is 0.111. The van der Waals surface area contributed by atoms with Crippen LogP contribution in [0.2, 0.25) is 0 Å². The number of aldehydes is 1. The normalized spacial score (nSPS) is 11.7. The van der Waals surface area contributed by atoms with E-state index >= 15 is 0 Å². The van der Waals surface area contributed by atoms with E-state index in [2.05, 4.69) is 4.52 Å². The Labute approximate surface area is 91.5 Å². The van der Waals surface area contributed by atoms with Crippen LogP contribution in [0.4, 0.5) is 0 Å². The van der Waals surface area contributed by atoms with Gasteiger partial charge in [0, 0.05) is 12.2 Å². The van der Waals surface area contributed by atoms with E-state index in [-0.39, 0.29) is 19.8 Å². The lowest BCUT2D eigenvalue weighted by atomic mass is 10.4. The Morgan fingerprint density at radius 2 is 2.12 bits per heavy atom. The molecule has 8 heteroatoms. The zero-order valence-electron chi connectivity index (χ0n) is 8.31. The second kappa shape index (κ2) is 5.38. The number of hydrogen-bond donors (Lipinski definition) is 3. The predicted molar refractivity (Wildman–Crippen MR) is 53.7 cm³/mol. The van der Waals surface area contributed by atoms with E-state index in [1.165, 1.54) is 10.6 Å². The number of rotatable bonds is 6. The van der Waals surface area contributed by atoms with Crippen molar-refractivity contribution in [3.63, 3.8) is 0 Å². The van der Waals surface area contributed by atoms with E-state index in [1.807, 2.05) is 0 Å². The maximum absolute atomic E-state index is 10.6. The molecule has 3 N–H and O–H groups in total. The van der Waals surface area contributed by atoms with Gasteiger partial charge < -0.3 is 19.5 Å². The Hall–Kier alpha value is -0.980. The van der Waals surface area contributed by atoms with Crippen molar-refractivity contribution in [3.8, 4) is 0 Å². The second-order valence-corrected chi connectivity index (χ2v) is 4.24. The summed E-state index contributed by atoms with van der Waals surface area (Å²) in [6.45, 7) is -0.418. The van der Waals surface area contributed by atoms with Gasteiger partial charge in [0.1, 0.15) is 0 Å². The van der Waals surface area contributed by atoms with Crippen molar-refractivity contribution in [2.45, 2.75) is 13.2 Å². The van der Waals surface area contributed by atoms with Gasteiger partial charge in [-0.05, 0) is 12.1 Å². The van der Waals surface area contributed by atoms with Crippen LogP contribution in [0, 0.1) is 0 Å². The molecule has 0 aromatic carbocycles. The molecule has 90 valence electrons. The molecule has 0 aliphatic carbocycles. The maximum Gasteiger partial charge on any atom is 0.469 e. The Morgan fingerprint density at radius 3 is 2.62 bits per heavy atom. The van der Waals surface area contributed by atoms with Crippen molar-refractivity contribution in [2.24, 2.45) is 0 Å². The molecule has 0 fully saturated rings. The second-order valence-electron chi connectivity index (χ2n) is 3.00. The number of nitrogens with zero attached hydrogens (tertiary/aromatic N) is 1. The fourth-order valence-corrected chi connectivity index (χ4v) is 1.61. The molecule has 16 heavy (non-hydrogen) atoms. The predicted octanol–water partition coefficient (Wildman–Crippen LogP) is -0.0978. The summed E-state index contributed by atoms with van der Waals surface area (Å²) in [5, 5.41) is 8.96. The van der Waals surface area contributed by atoms with Crippen LogP contribution in [0.5, 0.6) is 0 Å². The monoisotopic (exact) mass is 249 g/mol. The van der Waals surface area contributed by atoms with E-state index in [0.29, 0.717) is 17.7 Å². The summed E-state index contributed by atoms with van der Waals surface area (Å²) >= 11 is 0. The molecule has 0 amide bonds. The highest BCUT2D eigenvalue weighted by molar-refractivity contribution is 7.46. The highest BCUT2D eigenvalue weighted by Crippen LogP contribution is 2.35. The minimum atomic E-state index is -4.50. The molecule has 0 saturated heterocycles. The van der Waals surface area contributed by atoms with Crippen molar-refractivity contribution < 1.29 is 28.8 Å². The summed E-state index contributed by atoms with van der Waals surface area (Å²) in [5.74, 6) is 0. The zero-order valence-corrected chi connectivity index (χ0v) is 9.21. The molecule has 0 radical (unpaired) electrons. The molecule has 0 atom stereocenters. The number of carbonyl (C=O) groups excluding carboxylic acids is 1. The maximum atomic E-state index is 10.6. The first-order valence-corrected chi connectivity index (χ1v) is 5.95. The van der Waals surface area contributed by atoms with E-state index in [0.717, 1.165) is 0 Å². The first-order valence-electron chi connectivity index (χ1n) is 4.42. The summed E-state index contributed by atoms with van der Waals surface area (Å²) in [6, 6.07) is 3.07. The number of aromatic nitrogens is 1. The van der Waals surface area contributed by atoms with Crippen molar-refractivity contribution in [3.05, 3.63) is 23.5 Å². The van der Waals surface area contributed by atoms with Crippen molar-refractivity contribution >= 4 is 14.1 Å². The number of carbonyl (C=O) groups is 1. The molecule has 0 spiro atoms. The Kier molecular flexibility index (Phi) is 4.40. The fraction of sp³-hybridized carbons (Fsp3) is 0.375. The van der Waals surface area contributed by atoms with E-state index in [4.69, 9.17) is 14.9 Å². The largest absolute Gasteiger partial charge is 0.469 e. The zero-order chi connectivity index (χ0) is 12.2. The molecule has 1 aromatic rings. The van der Waals surface area contributed by atoms with Crippen LogP contribution in [0.25, 0.3) is 0 Å². The van der Waals surface area contributed by atoms with Gasteiger partial charge in [0.25, 0.3) is 0 Å². The first-order chi connectivity index (χ1) is 7.48. The first kappa shape index (κ1) is 13.1. The molecule has 1 rings (SSSR count). The van der Waals surface area contributed by atoms with E-state index < -0.39 is 7.82 Å². The molecule has 0 saturated carbocycles. The summed E-state index contributed by atoms with van der Waals surface area (Å²) in [5.41, 5.74) is 0.801. The standard InChI is InChI=1S/C8H12NO6P/c10-5-7-1-2-8(6-11)9(7)3-4-15-16(12,13)14/h1-2,5,11H,3-4,6H2,(H2,12,13,14). The van der Waals surface area contributed by atoms with Crippen molar-refractivity contribution in [2.75, 3.05) is 6.61 Å². The molecule has 0 unspecified atom stereocenters. The SMILES string of the molecule is O=Cc1ccc(CO)n1CCOP(=O)(O)O. The van der Waals surface area contributed by atoms with E-state index in [1.54, 1.807) is 6.07 Å². The Balaban J connectivity index is 2.68. The van der Waals surface area contributed by atoms with E-state index in [9.17, 15) is 9.36 Å². The molecule has 0 aliphatic rings. The molecular formula is C8H12NO6P. The highest BCUT2D eigenvalue weighted by atomic mass is 31.2. The van der Waals surface area contributed by atoms with Gasteiger partial charge in [-0.3, -0.25) is 9.32 Å². The summed E-state index contributed by atoms with van der Waals surface area (Å²) in [7, 11) is -4.50. The van der Waals surface area contributed by atoms with Crippen molar-refractivity contribution in [1.29, 1.82) is 0 Å². The van der Waals surface area contributed by atoms with Gasteiger partial charge in [0.2, 0.25) is 0 Å². The van der Waals surface area contributed by atoms with Crippen LogP contribution in [0.15, 0.2) is 12.1 Å². The molecular weight excluding hydrogens is 237 g/mol. The fourth-order valence-electron chi connectivity index (χ4n) is 1.29. The lowest BCUT2D eigenvalue weighted by Crippen LogP contribution is -2.11. The number of phosphoric ester groups is 1. The van der Waals surface area contributed by atoms with Gasteiger partial charge in [0.15, 0.2) is 6.29 Å². The summed E-state index contributed by atoms with van der Waals surface area (Å²) < 4.78 is 16.1. The molecule has 1 heterocycles. The quantitative estimate of drug-likeness (QED) is 0.480. The minimum Gasteiger partial charge on any atom is -0.390 e. The third-order valence-electron chi connectivity index (χ3n) is 1.96. The average Bonchev–Trinajstić information content (AvgIpc) is 2.58. The lowest BCUT2D eigenvalue weighted by Gasteiger charge is -2.10. The third kappa shape index (κ3) is 3.55. The van der Waals surface area contributed by atoms with Gasteiger partial charge in [-0.2, -0.15) is 0 Å². The van der Waals surface area contributed by atoms with Gasteiger partial charge in [-0.15, -0.1) is 0 Å². The number of hydrogen-bond acceptors (Lipinski definition) is 4. The van der Waals surface area contributed by atoms with Gasteiger partial charge in [0.05, 0.1) is 18.9 Å². The van der Waals surface area contributed by atoms with Crippen molar-refractivity contribution in [1.82, 2.24) is 4.57 Å². The highest BCUT2D eigenvalue weighted by Gasteiger charge is 2.14. The molecule has 0 aliphatic heterocycles. The van der Waals surface area contributed by atoms with Gasteiger partial charge in [-0.25, -0.2) is 4.57 Å². The minimum absolute atomic E-state index is 0.0854. The smallest absolute Gasteiger partial charge is 0.390 e. The summed E-state index contributed by atoms with van der Waals surface area (Å²) in [4.78, 5) is 27.5. The van der Waals surface area contributed by atoms with Crippen LogP contribution < -0.4 is 0 Å². The Morgan fingerprint density at radius 1 is 1.44 bits per heavy atom. The van der Waals surface area contributed by atoms with Crippen LogP contribution in [-0.2, 0) is 22.2 Å². The average molecular weight is 249 g/mol. The summed E-state index contributed by atoms with van der Waals surface area (Å²) in [6.07, 6.45) is 0.594. The molecule has 0 bridgehead atoms. The van der Waals surface area contributed by atoms with Crippen LogP contribution in [-0.4, -0.2) is 32.4 Å². The topological polar surface area (TPSA) is 109 Å². The number of aliphatic hydroxyl groups is 1. The molecule has 7 nitrogen and oxygen atoms in total. The van der Waals surface area contributed by atoms with Crippen LogP contribution in [0.1, 0.15) is 16.2 Å². The Bertz CT molecular complexity index is 409. The van der Waals surface area contributed by atoms with Crippen LogP contribution >= 0.6 is 7.82 Å². The van der Waals surface area contributed by atoms with Gasteiger partial charge >= 0.3 is 7.82 Å². The number of aliphatic hydroxyl groups excluding tert-OH is 1.